The van der Waals surface area contributed by atoms with Crippen LogP contribution in [0.4, 0.5) is 10.5 Å². The van der Waals surface area contributed by atoms with Gasteiger partial charge in [-0.2, -0.15) is 0 Å². The summed E-state index contributed by atoms with van der Waals surface area (Å²) < 4.78 is 27.9. The van der Waals surface area contributed by atoms with Gasteiger partial charge in [0.05, 0.1) is 4.90 Å². The third kappa shape index (κ3) is 4.57. The summed E-state index contributed by atoms with van der Waals surface area (Å²) in [6.45, 7) is 0. The van der Waals surface area contributed by atoms with Gasteiger partial charge < -0.3 is 5.11 Å². The van der Waals surface area contributed by atoms with Crippen molar-refractivity contribution < 1.29 is 18.3 Å². The van der Waals surface area contributed by atoms with Gasteiger partial charge in [-0.1, -0.05) is 38.5 Å². The second-order valence-electron chi connectivity index (χ2n) is 7.39. The SMILES string of the molecule is O=C(O)N(c1ccc(S(=O)(=O)NC2CCCCC2)cc1)C1CCCCC1. The zero-order chi connectivity index (χ0) is 18.6. The molecule has 0 radical (unpaired) electrons. The molecule has 144 valence electrons. The van der Waals surface area contributed by atoms with Crippen molar-refractivity contribution >= 4 is 21.8 Å². The van der Waals surface area contributed by atoms with E-state index in [2.05, 4.69) is 4.72 Å². The number of carbonyl (C=O) groups is 1. The number of anilines is 1. The number of rotatable bonds is 5. The van der Waals surface area contributed by atoms with Gasteiger partial charge in [-0.3, -0.25) is 4.90 Å². The molecule has 3 rings (SSSR count). The van der Waals surface area contributed by atoms with Gasteiger partial charge >= 0.3 is 6.09 Å². The van der Waals surface area contributed by atoms with Gasteiger partial charge in [0, 0.05) is 17.8 Å². The van der Waals surface area contributed by atoms with E-state index in [1.54, 1.807) is 12.1 Å². The smallest absolute Gasteiger partial charge is 0.412 e. The summed E-state index contributed by atoms with van der Waals surface area (Å²) in [7, 11) is -3.56. The van der Waals surface area contributed by atoms with Crippen LogP contribution in [0.3, 0.4) is 0 Å². The molecule has 0 atom stereocenters. The Kier molecular flexibility index (Phi) is 6.19. The standard InChI is InChI=1S/C19H28N2O4S/c22-19(23)21(16-9-5-2-6-10-16)17-11-13-18(14-12-17)26(24,25)20-15-7-3-1-4-8-15/h11-16,20H,1-10H2,(H,22,23). The van der Waals surface area contributed by atoms with Crippen LogP contribution in [0.15, 0.2) is 29.2 Å². The minimum atomic E-state index is -3.56. The summed E-state index contributed by atoms with van der Waals surface area (Å²) in [5.74, 6) is 0. The van der Waals surface area contributed by atoms with Crippen molar-refractivity contribution in [1.82, 2.24) is 4.72 Å². The summed E-state index contributed by atoms with van der Waals surface area (Å²) in [4.78, 5) is 13.3. The molecular weight excluding hydrogens is 352 g/mol. The van der Waals surface area contributed by atoms with Gasteiger partial charge in [-0.15, -0.1) is 0 Å². The van der Waals surface area contributed by atoms with E-state index in [0.717, 1.165) is 57.8 Å². The molecular formula is C19H28N2O4S. The second kappa shape index (κ2) is 8.39. The summed E-state index contributed by atoms with van der Waals surface area (Å²) in [6.07, 6.45) is 8.99. The Labute approximate surface area is 155 Å². The van der Waals surface area contributed by atoms with Crippen LogP contribution in [0.5, 0.6) is 0 Å². The molecule has 7 heteroatoms. The third-order valence-electron chi connectivity index (χ3n) is 5.50. The molecule has 26 heavy (non-hydrogen) atoms. The van der Waals surface area contributed by atoms with Crippen molar-refractivity contribution in [2.75, 3.05) is 4.90 Å². The lowest BCUT2D eigenvalue weighted by Gasteiger charge is -2.32. The van der Waals surface area contributed by atoms with Crippen molar-refractivity contribution in [1.29, 1.82) is 0 Å². The fourth-order valence-corrected chi connectivity index (χ4v) is 5.42. The third-order valence-corrected chi connectivity index (χ3v) is 7.03. The van der Waals surface area contributed by atoms with E-state index >= 15 is 0 Å². The molecule has 2 N–H and O–H groups in total. The number of sulfonamides is 1. The molecule has 0 saturated heterocycles. The molecule has 0 unspecified atom stereocenters. The highest BCUT2D eigenvalue weighted by Crippen LogP contribution is 2.28. The Balaban J connectivity index is 1.74. The van der Waals surface area contributed by atoms with Crippen LogP contribution in [0.1, 0.15) is 64.2 Å². The first-order chi connectivity index (χ1) is 12.5. The van der Waals surface area contributed by atoms with Crippen molar-refractivity contribution in [3.05, 3.63) is 24.3 Å². The highest BCUT2D eigenvalue weighted by molar-refractivity contribution is 7.89. The van der Waals surface area contributed by atoms with Crippen molar-refractivity contribution in [3.63, 3.8) is 0 Å². The Morgan fingerprint density at radius 1 is 0.923 bits per heavy atom. The van der Waals surface area contributed by atoms with Crippen molar-refractivity contribution in [3.8, 4) is 0 Å². The fraction of sp³-hybridized carbons (Fsp3) is 0.632. The van der Waals surface area contributed by atoms with Crippen LogP contribution in [0.2, 0.25) is 0 Å². The van der Waals surface area contributed by atoms with E-state index in [1.165, 1.54) is 23.5 Å². The summed E-state index contributed by atoms with van der Waals surface area (Å²) in [6, 6.07) is 6.23. The van der Waals surface area contributed by atoms with E-state index in [-0.39, 0.29) is 17.0 Å². The second-order valence-corrected chi connectivity index (χ2v) is 9.11. The number of hydrogen-bond donors (Lipinski definition) is 2. The van der Waals surface area contributed by atoms with Crippen LogP contribution in [0, 0.1) is 0 Å². The molecule has 0 spiro atoms. The monoisotopic (exact) mass is 380 g/mol. The van der Waals surface area contributed by atoms with Gasteiger partial charge in [-0.25, -0.2) is 17.9 Å². The van der Waals surface area contributed by atoms with Gasteiger partial charge in [0.2, 0.25) is 10.0 Å². The van der Waals surface area contributed by atoms with Crippen LogP contribution in [-0.4, -0.2) is 31.7 Å². The molecule has 1 aromatic carbocycles. The van der Waals surface area contributed by atoms with Gasteiger partial charge in [0.25, 0.3) is 0 Å². The Morgan fingerprint density at radius 2 is 1.46 bits per heavy atom. The summed E-state index contributed by atoms with van der Waals surface area (Å²) in [5, 5.41) is 9.62. The highest BCUT2D eigenvalue weighted by Gasteiger charge is 2.27. The topological polar surface area (TPSA) is 86.7 Å². The van der Waals surface area contributed by atoms with E-state index in [9.17, 15) is 18.3 Å². The molecule has 6 nitrogen and oxygen atoms in total. The maximum absolute atomic E-state index is 12.6. The molecule has 0 heterocycles. The molecule has 2 fully saturated rings. The molecule has 0 aliphatic heterocycles. The normalized spacial score (nSPS) is 20.0. The molecule has 0 bridgehead atoms. The average molecular weight is 381 g/mol. The first-order valence-corrected chi connectivity index (χ1v) is 11.1. The number of nitrogens with zero attached hydrogens (tertiary/aromatic N) is 1. The lowest BCUT2D eigenvalue weighted by Crippen LogP contribution is -2.40. The number of benzene rings is 1. The zero-order valence-corrected chi connectivity index (χ0v) is 15.9. The first-order valence-electron chi connectivity index (χ1n) is 9.62. The van der Waals surface area contributed by atoms with E-state index < -0.39 is 16.1 Å². The molecule has 2 aliphatic rings. The summed E-state index contributed by atoms with van der Waals surface area (Å²) >= 11 is 0. The van der Waals surface area contributed by atoms with Crippen LogP contribution in [0.25, 0.3) is 0 Å². The predicted octanol–water partition coefficient (Wildman–Crippen LogP) is 4.11. The maximum Gasteiger partial charge on any atom is 0.412 e. The highest BCUT2D eigenvalue weighted by atomic mass is 32.2. The zero-order valence-electron chi connectivity index (χ0n) is 15.1. The quantitative estimate of drug-likeness (QED) is 0.805. The molecule has 2 aliphatic carbocycles. The Morgan fingerprint density at radius 3 is 2.00 bits per heavy atom. The van der Waals surface area contributed by atoms with Crippen molar-refractivity contribution in [2.24, 2.45) is 0 Å². The fourth-order valence-electron chi connectivity index (χ4n) is 4.11. The minimum absolute atomic E-state index is 0.00573. The maximum atomic E-state index is 12.6. The number of carboxylic acid groups (broad SMARTS) is 1. The number of hydrogen-bond acceptors (Lipinski definition) is 3. The van der Waals surface area contributed by atoms with Crippen molar-refractivity contribution in [2.45, 2.75) is 81.2 Å². The van der Waals surface area contributed by atoms with Crippen LogP contribution in [-0.2, 0) is 10.0 Å². The molecule has 1 amide bonds. The predicted molar refractivity (Wildman–Crippen MR) is 101 cm³/mol. The minimum Gasteiger partial charge on any atom is -0.465 e. The average Bonchev–Trinajstić information content (AvgIpc) is 2.63. The van der Waals surface area contributed by atoms with Crippen LogP contribution >= 0.6 is 0 Å². The van der Waals surface area contributed by atoms with E-state index in [1.807, 2.05) is 0 Å². The largest absolute Gasteiger partial charge is 0.465 e. The summed E-state index contributed by atoms with van der Waals surface area (Å²) in [5.41, 5.74) is 0.543. The molecule has 1 aromatic rings. The first kappa shape index (κ1) is 19.2. The lowest BCUT2D eigenvalue weighted by atomic mass is 9.94. The van der Waals surface area contributed by atoms with Gasteiger partial charge in [0.15, 0.2) is 0 Å². The van der Waals surface area contributed by atoms with E-state index in [0.29, 0.717) is 5.69 Å². The van der Waals surface area contributed by atoms with E-state index in [4.69, 9.17) is 0 Å². The molecule has 2 saturated carbocycles. The number of nitrogens with one attached hydrogen (secondary N) is 1. The van der Waals surface area contributed by atoms with Crippen LogP contribution < -0.4 is 9.62 Å². The lowest BCUT2D eigenvalue weighted by molar-refractivity contribution is 0.196. The molecule has 0 aromatic heterocycles. The van der Waals surface area contributed by atoms with Gasteiger partial charge in [0.1, 0.15) is 0 Å². The Bertz CT molecular complexity index is 706. The number of amides is 1. The Hall–Kier alpha value is -1.60. The van der Waals surface area contributed by atoms with Gasteiger partial charge in [-0.05, 0) is 49.9 Å².